The van der Waals surface area contributed by atoms with Crippen LogP contribution in [-0.4, -0.2) is 10.9 Å². The molecule has 3 aromatic rings. The molecular formula is C21H18N2O. The van der Waals surface area contributed by atoms with Gasteiger partial charge in [-0.15, -0.1) is 0 Å². The van der Waals surface area contributed by atoms with Crippen LogP contribution in [0.25, 0.3) is 11.6 Å². The molecule has 0 fully saturated rings. The molecule has 0 saturated heterocycles. The molecule has 0 aliphatic heterocycles. The largest absolute Gasteiger partial charge is 0.348 e. The number of nitrogens with one attached hydrogen (secondary N) is 1. The lowest BCUT2D eigenvalue weighted by Crippen LogP contribution is -2.23. The first kappa shape index (κ1) is 15.7. The maximum Gasteiger partial charge on any atom is 0.252 e. The molecular weight excluding hydrogens is 296 g/mol. The molecule has 0 saturated carbocycles. The first-order valence-corrected chi connectivity index (χ1v) is 7.82. The van der Waals surface area contributed by atoms with E-state index in [0.29, 0.717) is 12.1 Å². The monoisotopic (exact) mass is 314 g/mol. The van der Waals surface area contributed by atoms with Crippen LogP contribution in [0.5, 0.6) is 0 Å². The molecule has 1 aromatic heterocycles. The van der Waals surface area contributed by atoms with Crippen molar-refractivity contribution in [1.82, 2.24) is 10.3 Å². The van der Waals surface area contributed by atoms with Gasteiger partial charge in [0.15, 0.2) is 0 Å². The second-order valence-corrected chi connectivity index (χ2v) is 5.37. The molecule has 0 aliphatic rings. The van der Waals surface area contributed by atoms with E-state index in [0.717, 1.165) is 16.7 Å². The van der Waals surface area contributed by atoms with Gasteiger partial charge < -0.3 is 5.32 Å². The number of aromatic nitrogens is 1. The summed E-state index contributed by atoms with van der Waals surface area (Å²) in [5.74, 6) is -0.0955. The van der Waals surface area contributed by atoms with E-state index in [9.17, 15) is 4.79 Å². The first-order chi connectivity index (χ1) is 11.8. The van der Waals surface area contributed by atoms with E-state index in [2.05, 4.69) is 10.3 Å². The van der Waals surface area contributed by atoms with Crippen molar-refractivity contribution in [3.63, 3.8) is 0 Å². The van der Waals surface area contributed by atoms with Crippen molar-refractivity contribution in [1.29, 1.82) is 0 Å². The van der Waals surface area contributed by atoms with Crippen LogP contribution in [-0.2, 0) is 11.3 Å². The van der Waals surface area contributed by atoms with Crippen LogP contribution >= 0.6 is 0 Å². The Balaban J connectivity index is 1.84. The Bertz CT molecular complexity index is 812. The third-order valence-electron chi connectivity index (χ3n) is 3.64. The zero-order valence-electron chi connectivity index (χ0n) is 13.2. The Hall–Kier alpha value is -3.20. The van der Waals surface area contributed by atoms with Gasteiger partial charge in [-0.3, -0.25) is 9.78 Å². The predicted molar refractivity (Wildman–Crippen MR) is 96.8 cm³/mol. The molecule has 0 atom stereocenters. The quantitative estimate of drug-likeness (QED) is 0.572. The number of nitrogens with zero attached hydrogens (tertiary/aromatic N) is 1. The summed E-state index contributed by atoms with van der Waals surface area (Å²) in [7, 11) is 0. The Morgan fingerprint density at radius 2 is 1.50 bits per heavy atom. The molecule has 1 heterocycles. The average molecular weight is 314 g/mol. The van der Waals surface area contributed by atoms with E-state index < -0.39 is 0 Å². The maximum absolute atomic E-state index is 12.7. The summed E-state index contributed by atoms with van der Waals surface area (Å²) in [5.41, 5.74) is 3.56. The molecule has 0 unspecified atom stereocenters. The van der Waals surface area contributed by atoms with Crippen molar-refractivity contribution < 1.29 is 4.79 Å². The summed E-state index contributed by atoms with van der Waals surface area (Å²) >= 11 is 0. The van der Waals surface area contributed by atoms with Gasteiger partial charge in [-0.2, -0.15) is 0 Å². The van der Waals surface area contributed by atoms with Crippen LogP contribution < -0.4 is 5.32 Å². The van der Waals surface area contributed by atoms with Gasteiger partial charge in [0, 0.05) is 24.5 Å². The molecule has 118 valence electrons. The van der Waals surface area contributed by atoms with E-state index in [-0.39, 0.29) is 5.91 Å². The number of rotatable bonds is 5. The Morgan fingerprint density at radius 1 is 0.875 bits per heavy atom. The number of hydrogen-bond donors (Lipinski definition) is 1. The third kappa shape index (κ3) is 4.17. The number of carbonyl (C=O) groups excluding carboxylic acids is 1. The number of pyridine rings is 1. The van der Waals surface area contributed by atoms with Crippen LogP contribution in [0.4, 0.5) is 0 Å². The molecule has 0 aliphatic carbocycles. The van der Waals surface area contributed by atoms with Gasteiger partial charge in [0.05, 0.1) is 0 Å². The van der Waals surface area contributed by atoms with Crippen LogP contribution in [0, 0.1) is 0 Å². The molecule has 0 radical (unpaired) electrons. The standard InChI is InChI=1S/C21H18N2O/c24-21(23-16-18-11-13-22-14-12-18)20(19-9-5-2-6-10-19)15-17-7-3-1-4-8-17/h1-15H,16H2,(H,23,24)/b20-15+. The summed E-state index contributed by atoms with van der Waals surface area (Å²) in [5, 5.41) is 2.98. The van der Waals surface area contributed by atoms with Crippen molar-refractivity contribution in [2.45, 2.75) is 6.54 Å². The summed E-state index contributed by atoms with van der Waals surface area (Å²) in [6.07, 6.45) is 5.36. The number of benzene rings is 2. The van der Waals surface area contributed by atoms with Gasteiger partial charge >= 0.3 is 0 Å². The summed E-state index contributed by atoms with van der Waals surface area (Å²) in [6.45, 7) is 0.473. The zero-order chi connectivity index (χ0) is 16.6. The van der Waals surface area contributed by atoms with Crippen molar-refractivity contribution >= 4 is 17.6 Å². The van der Waals surface area contributed by atoms with Crippen molar-refractivity contribution in [3.8, 4) is 0 Å². The molecule has 3 heteroatoms. The van der Waals surface area contributed by atoms with Gasteiger partial charge in [-0.25, -0.2) is 0 Å². The average Bonchev–Trinajstić information content (AvgIpc) is 2.66. The van der Waals surface area contributed by atoms with Crippen LogP contribution in [0.1, 0.15) is 16.7 Å². The minimum atomic E-state index is -0.0955. The summed E-state index contributed by atoms with van der Waals surface area (Å²) < 4.78 is 0. The Kier molecular flexibility index (Phi) is 5.15. The van der Waals surface area contributed by atoms with E-state index in [1.165, 1.54) is 0 Å². The summed E-state index contributed by atoms with van der Waals surface area (Å²) in [4.78, 5) is 16.7. The van der Waals surface area contributed by atoms with E-state index in [1.807, 2.05) is 78.9 Å². The molecule has 2 aromatic carbocycles. The zero-order valence-corrected chi connectivity index (χ0v) is 13.2. The SMILES string of the molecule is O=C(NCc1ccncc1)/C(=C/c1ccccc1)c1ccccc1. The smallest absolute Gasteiger partial charge is 0.252 e. The van der Waals surface area contributed by atoms with Gasteiger partial charge in [0.25, 0.3) is 5.91 Å². The van der Waals surface area contributed by atoms with Crippen molar-refractivity contribution in [2.75, 3.05) is 0 Å². The second kappa shape index (κ2) is 7.88. The highest BCUT2D eigenvalue weighted by Gasteiger charge is 2.11. The predicted octanol–water partition coefficient (Wildman–Crippen LogP) is 3.94. The summed E-state index contributed by atoms with van der Waals surface area (Å²) in [6, 6.07) is 23.3. The lowest BCUT2D eigenvalue weighted by Gasteiger charge is -2.10. The highest BCUT2D eigenvalue weighted by molar-refractivity contribution is 6.24. The first-order valence-electron chi connectivity index (χ1n) is 7.82. The lowest BCUT2D eigenvalue weighted by molar-refractivity contribution is -0.115. The van der Waals surface area contributed by atoms with Gasteiger partial charge in [0.2, 0.25) is 0 Å². The highest BCUT2D eigenvalue weighted by Crippen LogP contribution is 2.18. The van der Waals surface area contributed by atoms with E-state index in [1.54, 1.807) is 12.4 Å². The number of amides is 1. The fourth-order valence-corrected chi connectivity index (χ4v) is 2.39. The molecule has 24 heavy (non-hydrogen) atoms. The molecule has 0 spiro atoms. The minimum absolute atomic E-state index is 0.0955. The Labute approximate surface area is 141 Å². The van der Waals surface area contributed by atoms with Crippen LogP contribution in [0.15, 0.2) is 85.2 Å². The second-order valence-electron chi connectivity index (χ2n) is 5.37. The molecule has 1 amide bonds. The highest BCUT2D eigenvalue weighted by atomic mass is 16.1. The van der Waals surface area contributed by atoms with Crippen molar-refractivity contribution in [3.05, 3.63) is 102 Å². The fourth-order valence-electron chi connectivity index (χ4n) is 2.39. The maximum atomic E-state index is 12.7. The third-order valence-corrected chi connectivity index (χ3v) is 3.64. The Morgan fingerprint density at radius 3 is 2.17 bits per heavy atom. The molecule has 1 N–H and O–H groups in total. The molecule has 3 rings (SSSR count). The fraction of sp³-hybridized carbons (Fsp3) is 0.0476. The van der Waals surface area contributed by atoms with Gasteiger partial charge in [-0.05, 0) is 34.9 Å². The van der Waals surface area contributed by atoms with Crippen LogP contribution in [0.2, 0.25) is 0 Å². The van der Waals surface area contributed by atoms with E-state index >= 15 is 0 Å². The number of carbonyl (C=O) groups is 1. The normalized spacial score (nSPS) is 11.1. The van der Waals surface area contributed by atoms with E-state index in [4.69, 9.17) is 0 Å². The lowest BCUT2D eigenvalue weighted by atomic mass is 10.0. The van der Waals surface area contributed by atoms with Gasteiger partial charge in [0.1, 0.15) is 0 Å². The molecule has 3 nitrogen and oxygen atoms in total. The van der Waals surface area contributed by atoms with Gasteiger partial charge in [-0.1, -0.05) is 60.7 Å². The van der Waals surface area contributed by atoms with Crippen LogP contribution in [0.3, 0.4) is 0 Å². The topological polar surface area (TPSA) is 42.0 Å². The molecule has 0 bridgehead atoms. The minimum Gasteiger partial charge on any atom is -0.348 e. The van der Waals surface area contributed by atoms with Crippen molar-refractivity contribution in [2.24, 2.45) is 0 Å². The number of hydrogen-bond acceptors (Lipinski definition) is 2.